The highest BCUT2D eigenvalue weighted by atomic mass is 79.9. The number of thiocarbonyl (C=S) groups is 1. The van der Waals surface area contributed by atoms with Crippen LogP contribution in [-0.4, -0.2) is 34.2 Å². The number of rotatable bonds is 6. The van der Waals surface area contributed by atoms with E-state index in [1.54, 1.807) is 24.3 Å². The molecule has 144 valence electrons. The third-order valence-electron chi connectivity index (χ3n) is 3.78. The summed E-state index contributed by atoms with van der Waals surface area (Å²) in [5.41, 5.74) is 1.44. The van der Waals surface area contributed by atoms with Crippen molar-refractivity contribution in [3.8, 4) is 5.75 Å². The smallest absolute Gasteiger partial charge is 0.266 e. The van der Waals surface area contributed by atoms with Crippen LogP contribution < -0.4 is 10.1 Å². The lowest BCUT2D eigenvalue weighted by Gasteiger charge is -2.15. The Morgan fingerprint density at radius 2 is 2.07 bits per heavy atom. The predicted octanol–water partition coefficient (Wildman–Crippen LogP) is 4.69. The molecule has 1 saturated heterocycles. The summed E-state index contributed by atoms with van der Waals surface area (Å²) in [6.45, 7) is 2.21. The number of carbonyl (C=O) groups excluding carboxylic acids is 2. The first-order valence-corrected chi connectivity index (χ1v) is 10.5. The van der Waals surface area contributed by atoms with Gasteiger partial charge in [-0.05, 0) is 42.8 Å². The fraction of sp³-hybridized carbons (Fsp3) is 0.150. The molecule has 0 aromatic heterocycles. The van der Waals surface area contributed by atoms with Gasteiger partial charge in [-0.25, -0.2) is 0 Å². The summed E-state index contributed by atoms with van der Waals surface area (Å²) in [4.78, 5) is 27.0. The molecule has 1 fully saturated rings. The summed E-state index contributed by atoms with van der Waals surface area (Å²) in [5, 5.41) is 2.78. The Balaban J connectivity index is 1.70. The standard InChI is InChI=1S/C20H17BrN2O3S2/c1-2-26-16-9-4-3-8-15(16)22-18(24)12-23-19(25)17(28-20(23)27)11-13-6-5-7-14(21)10-13/h3-11H,2,12H2,1H3,(H,22,24). The molecule has 8 heteroatoms. The second-order valence-corrected chi connectivity index (χ2v) is 8.39. The van der Waals surface area contributed by atoms with Crippen molar-refractivity contribution >= 4 is 67.8 Å². The Morgan fingerprint density at radius 1 is 1.29 bits per heavy atom. The van der Waals surface area contributed by atoms with E-state index >= 15 is 0 Å². The molecular weight excluding hydrogens is 460 g/mol. The van der Waals surface area contributed by atoms with Crippen molar-refractivity contribution in [1.29, 1.82) is 0 Å². The highest BCUT2D eigenvalue weighted by Gasteiger charge is 2.33. The van der Waals surface area contributed by atoms with Crippen molar-refractivity contribution in [2.24, 2.45) is 0 Å². The molecule has 0 saturated carbocycles. The zero-order chi connectivity index (χ0) is 20.1. The van der Waals surface area contributed by atoms with E-state index in [1.165, 1.54) is 16.7 Å². The normalized spacial score (nSPS) is 15.2. The maximum Gasteiger partial charge on any atom is 0.266 e. The molecule has 1 N–H and O–H groups in total. The van der Waals surface area contributed by atoms with E-state index in [4.69, 9.17) is 17.0 Å². The zero-order valence-corrected chi connectivity index (χ0v) is 18.2. The molecule has 28 heavy (non-hydrogen) atoms. The zero-order valence-electron chi connectivity index (χ0n) is 15.0. The number of hydrogen-bond acceptors (Lipinski definition) is 5. The summed E-state index contributed by atoms with van der Waals surface area (Å²) >= 11 is 9.90. The van der Waals surface area contributed by atoms with Crippen molar-refractivity contribution in [3.63, 3.8) is 0 Å². The molecule has 3 rings (SSSR count). The van der Waals surface area contributed by atoms with Crippen LogP contribution in [0.1, 0.15) is 12.5 Å². The fourth-order valence-corrected chi connectivity index (χ4v) is 4.24. The number of anilines is 1. The first-order chi connectivity index (χ1) is 13.5. The van der Waals surface area contributed by atoms with E-state index in [-0.39, 0.29) is 18.4 Å². The van der Waals surface area contributed by atoms with E-state index in [0.29, 0.717) is 27.3 Å². The van der Waals surface area contributed by atoms with Crippen LogP contribution in [0.3, 0.4) is 0 Å². The number of benzene rings is 2. The van der Waals surface area contributed by atoms with Crippen molar-refractivity contribution in [3.05, 3.63) is 63.5 Å². The molecule has 0 unspecified atom stereocenters. The second kappa shape index (κ2) is 9.36. The maximum absolute atomic E-state index is 12.7. The van der Waals surface area contributed by atoms with Gasteiger partial charge in [-0.3, -0.25) is 14.5 Å². The predicted molar refractivity (Wildman–Crippen MR) is 120 cm³/mol. The van der Waals surface area contributed by atoms with Crippen molar-refractivity contribution in [2.45, 2.75) is 6.92 Å². The Morgan fingerprint density at radius 3 is 2.82 bits per heavy atom. The van der Waals surface area contributed by atoms with Crippen LogP contribution in [0.5, 0.6) is 5.75 Å². The molecule has 0 aliphatic carbocycles. The van der Waals surface area contributed by atoms with Crippen molar-refractivity contribution < 1.29 is 14.3 Å². The third-order valence-corrected chi connectivity index (χ3v) is 5.65. The highest BCUT2D eigenvalue weighted by molar-refractivity contribution is 9.10. The Hall–Kier alpha value is -2.16. The van der Waals surface area contributed by atoms with Gasteiger partial charge in [0.2, 0.25) is 5.91 Å². The molecule has 2 amide bonds. The van der Waals surface area contributed by atoms with E-state index < -0.39 is 0 Å². The number of nitrogens with one attached hydrogen (secondary N) is 1. The van der Waals surface area contributed by atoms with Gasteiger partial charge in [-0.2, -0.15) is 0 Å². The molecule has 0 radical (unpaired) electrons. The third kappa shape index (κ3) is 5.01. The van der Waals surface area contributed by atoms with Gasteiger partial charge < -0.3 is 10.1 Å². The minimum atomic E-state index is -0.341. The van der Waals surface area contributed by atoms with E-state index in [1.807, 2.05) is 37.3 Å². The van der Waals surface area contributed by atoms with Crippen LogP contribution in [0.4, 0.5) is 5.69 Å². The molecule has 0 atom stereocenters. The topological polar surface area (TPSA) is 58.6 Å². The number of para-hydroxylation sites is 2. The van der Waals surface area contributed by atoms with Gasteiger partial charge in [0.1, 0.15) is 16.6 Å². The van der Waals surface area contributed by atoms with Gasteiger partial charge in [-0.1, -0.05) is 64.2 Å². The Labute approximate surface area is 181 Å². The fourth-order valence-electron chi connectivity index (χ4n) is 2.57. The summed E-state index contributed by atoms with van der Waals surface area (Å²) in [6, 6.07) is 14.8. The van der Waals surface area contributed by atoms with Crippen LogP contribution in [-0.2, 0) is 9.59 Å². The SMILES string of the molecule is CCOc1ccccc1NC(=O)CN1C(=O)C(=Cc2cccc(Br)c2)SC1=S. The second-order valence-electron chi connectivity index (χ2n) is 5.80. The maximum atomic E-state index is 12.7. The van der Waals surface area contributed by atoms with Crippen LogP contribution in [0.15, 0.2) is 57.9 Å². The Kier molecular flexibility index (Phi) is 6.88. The molecule has 0 spiro atoms. The first-order valence-electron chi connectivity index (χ1n) is 8.50. The largest absolute Gasteiger partial charge is 0.492 e. The first kappa shape index (κ1) is 20.6. The van der Waals surface area contributed by atoms with Crippen LogP contribution >= 0.6 is 39.9 Å². The molecule has 1 aliphatic rings. The van der Waals surface area contributed by atoms with Crippen LogP contribution in [0.2, 0.25) is 0 Å². The summed E-state index contributed by atoms with van der Waals surface area (Å²) in [7, 11) is 0. The van der Waals surface area contributed by atoms with Gasteiger partial charge >= 0.3 is 0 Å². The number of hydrogen-bond donors (Lipinski definition) is 1. The number of thioether (sulfide) groups is 1. The van der Waals surface area contributed by atoms with Crippen LogP contribution in [0, 0.1) is 0 Å². The monoisotopic (exact) mass is 476 g/mol. The number of halogens is 1. The number of ether oxygens (including phenoxy) is 1. The molecule has 2 aromatic rings. The van der Waals surface area contributed by atoms with E-state index in [9.17, 15) is 9.59 Å². The van der Waals surface area contributed by atoms with Crippen molar-refractivity contribution in [2.75, 3.05) is 18.5 Å². The minimum absolute atomic E-state index is 0.152. The lowest BCUT2D eigenvalue weighted by Crippen LogP contribution is -2.36. The van der Waals surface area contributed by atoms with Gasteiger partial charge in [0.25, 0.3) is 5.91 Å². The van der Waals surface area contributed by atoms with Crippen LogP contribution in [0.25, 0.3) is 6.08 Å². The Bertz CT molecular complexity index is 962. The van der Waals surface area contributed by atoms with Gasteiger partial charge in [0, 0.05) is 4.47 Å². The summed E-state index contributed by atoms with van der Waals surface area (Å²) in [6.07, 6.45) is 1.77. The van der Waals surface area contributed by atoms with Crippen molar-refractivity contribution in [1.82, 2.24) is 4.90 Å². The molecule has 1 aliphatic heterocycles. The van der Waals surface area contributed by atoms with Gasteiger partial charge in [0.15, 0.2) is 0 Å². The van der Waals surface area contributed by atoms with Gasteiger partial charge in [-0.15, -0.1) is 0 Å². The molecular formula is C20H17BrN2O3S2. The highest BCUT2D eigenvalue weighted by Crippen LogP contribution is 2.33. The van der Waals surface area contributed by atoms with Gasteiger partial charge in [0.05, 0.1) is 17.2 Å². The summed E-state index contributed by atoms with van der Waals surface area (Å²) < 4.78 is 6.79. The average molecular weight is 477 g/mol. The molecule has 0 bridgehead atoms. The molecule has 1 heterocycles. The summed E-state index contributed by atoms with van der Waals surface area (Å²) in [5.74, 6) is -0.0336. The average Bonchev–Trinajstić information content (AvgIpc) is 2.91. The molecule has 5 nitrogen and oxygen atoms in total. The number of nitrogens with zero attached hydrogens (tertiary/aromatic N) is 1. The van der Waals surface area contributed by atoms with E-state index in [2.05, 4.69) is 21.2 Å². The quantitative estimate of drug-likeness (QED) is 0.484. The number of carbonyl (C=O) groups is 2. The molecule has 2 aromatic carbocycles. The lowest BCUT2D eigenvalue weighted by atomic mass is 10.2. The lowest BCUT2D eigenvalue weighted by molar-refractivity contribution is -0.126. The van der Waals surface area contributed by atoms with E-state index in [0.717, 1.165) is 10.0 Å². The minimum Gasteiger partial charge on any atom is -0.492 e. The number of amides is 2.